The van der Waals surface area contributed by atoms with Gasteiger partial charge < -0.3 is 4.90 Å². The van der Waals surface area contributed by atoms with Crippen LogP contribution in [0.3, 0.4) is 0 Å². The zero-order chi connectivity index (χ0) is 14.1. The minimum atomic E-state index is -0.122. The highest BCUT2D eigenvalue weighted by atomic mass is 35.5. The minimum absolute atomic E-state index is 0.122. The molecule has 108 valence electrons. The number of hydrogen-bond acceptors (Lipinski definition) is 3. The van der Waals surface area contributed by atoms with E-state index in [-0.39, 0.29) is 11.6 Å². The standard InChI is InChI=1S/C14H17Cl2N3O/c15-11-3-4-12(16)17-13(11)14(20)19-7-5-18(6-8-19)9-10-1-2-10/h3-4,10H,1-2,5-9H2. The Balaban J connectivity index is 1.61. The number of rotatable bonds is 3. The molecule has 1 amide bonds. The Kier molecular flexibility index (Phi) is 4.15. The van der Waals surface area contributed by atoms with Crippen molar-refractivity contribution in [2.45, 2.75) is 12.8 Å². The normalized spacial score (nSPS) is 20.2. The first-order valence-corrected chi connectivity index (χ1v) is 7.73. The van der Waals surface area contributed by atoms with E-state index in [1.807, 2.05) is 4.90 Å². The molecule has 2 heterocycles. The molecule has 0 aromatic carbocycles. The summed E-state index contributed by atoms with van der Waals surface area (Å²) in [5, 5.41) is 0.657. The summed E-state index contributed by atoms with van der Waals surface area (Å²) in [7, 11) is 0. The monoisotopic (exact) mass is 313 g/mol. The Morgan fingerprint density at radius 3 is 2.55 bits per heavy atom. The van der Waals surface area contributed by atoms with Crippen molar-refractivity contribution < 1.29 is 4.79 Å². The molecule has 1 saturated carbocycles. The Labute approximate surface area is 128 Å². The van der Waals surface area contributed by atoms with Crippen LogP contribution in [-0.2, 0) is 0 Å². The van der Waals surface area contributed by atoms with E-state index in [0.717, 1.165) is 32.1 Å². The summed E-state index contributed by atoms with van der Waals surface area (Å²) in [4.78, 5) is 20.7. The number of halogens is 2. The molecule has 1 aliphatic carbocycles. The van der Waals surface area contributed by atoms with E-state index in [1.54, 1.807) is 12.1 Å². The average Bonchev–Trinajstić information content (AvgIpc) is 3.26. The maximum absolute atomic E-state index is 12.4. The van der Waals surface area contributed by atoms with Crippen molar-refractivity contribution in [3.05, 3.63) is 28.0 Å². The molecule has 0 radical (unpaired) electrons. The Hall–Kier alpha value is -0.840. The average molecular weight is 314 g/mol. The van der Waals surface area contributed by atoms with Crippen molar-refractivity contribution in [2.24, 2.45) is 5.92 Å². The number of pyridine rings is 1. The van der Waals surface area contributed by atoms with Gasteiger partial charge in [-0.25, -0.2) is 4.98 Å². The van der Waals surface area contributed by atoms with Crippen molar-refractivity contribution >= 4 is 29.1 Å². The lowest BCUT2D eigenvalue weighted by Crippen LogP contribution is -2.49. The molecule has 2 fully saturated rings. The van der Waals surface area contributed by atoms with Gasteiger partial charge in [-0.1, -0.05) is 23.2 Å². The van der Waals surface area contributed by atoms with Gasteiger partial charge in [0.2, 0.25) is 0 Å². The SMILES string of the molecule is O=C(c1nc(Cl)ccc1Cl)N1CCN(CC2CC2)CC1. The fourth-order valence-corrected chi connectivity index (χ4v) is 2.85. The zero-order valence-electron chi connectivity index (χ0n) is 11.2. The fraction of sp³-hybridized carbons (Fsp3) is 0.571. The quantitative estimate of drug-likeness (QED) is 0.805. The molecule has 1 aliphatic heterocycles. The van der Waals surface area contributed by atoms with Crippen LogP contribution in [0, 0.1) is 5.92 Å². The first-order valence-electron chi connectivity index (χ1n) is 6.97. The molecule has 6 heteroatoms. The first-order chi connectivity index (χ1) is 9.63. The van der Waals surface area contributed by atoms with Gasteiger partial charge in [0.05, 0.1) is 5.02 Å². The van der Waals surface area contributed by atoms with Crippen LogP contribution < -0.4 is 0 Å². The third-order valence-electron chi connectivity index (χ3n) is 3.89. The van der Waals surface area contributed by atoms with Crippen LogP contribution in [0.5, 0.6) is 0 Å². The van der Waals surface area contributed by atoms with Crippen LogP contribution in [0.25, 0.3) is 0 Å². The Bertz CT molecular complexity index is 511. The van der Waals surface area contributed by atoms with E-state index in [1.165, 1.54) is 19.4 Å². The summed E-state index contributed by atoms with van der Waals surface area (Å²) in [5.74, 6) is 0.768. The fourth-order valence-electron chi connectivity index (χ4n) is 2.52. The molecule has 0 atom stereocenters. The molecule has 1 saturated heterocycles. The van der Waals surface area contributed by atoms with Crippen LogP contribution >= 0.6 is 23.2 Å². The van der Waals surface area contributed by atoms with Gasteiger partial charge in [-0.2, -0.15) is 0 Å². The van der Waals surface area contributed by atoms with Gasteiger partial charge in [-0.3, -0.25) is 9.69 Å². The van der Waals surface area contributed by atoms with Gasteiger partial charge in [-0.15, -0.1) is 0 Å². The molecule has 0 N–H and O–H groups in total. The number of carbonyl (C=O) groups is 1. The lowest BCUT2D eigenvalue weighted by atomic mass is 10.2. The molecular weight excluding hydrogens is 297 g/mol. The van der Waals surface area contributed by atoms with Gasteiger partial charge in [-0.05, 0) is 30.9 Å². The van der Waals surface area contributed by atoms with E-state index in [2.05, 4.69) is 9.88 Å². The van der Waals surface area contributed by atoms with E-state index in [9.17, 15) is 4.79 Å². The maximum atomic E-state index is 12.4. The van der Waals surface area contributed by atoms with Gasteiger partial charge in [0.15, 0.2) is 0 Å². The molecular formula is C14H17Cl2N3O. The lowest BCUT2D eigenvalue weighted by molar-refractivity contribution is 0.0626. The van der Waals surface area contributed by atoms with Crippen molar-refractivity contribution in [1.29, 1.82) is 0 Å². The summed E-state index contributed by atoms with van der Waals surface area (Å²) in [6.45, 7) is 4.51. The van der Waals surface area contributed by atoms with E-state index in [4.69, 9.17) is 23.2 Å². The molecule has 0 spiro atoms. The van der Waals surface area contributed by atoms with E-state index >= 15 is 0 Å². The molecule has 0 bridgehead atoms. The Morgan fingerprint density at radius 1 is 1.20 bits per heavy atom. The zero-order valence-corrected chi connectivity index (χ0v) is 12.7. The van der Waals surface area contributed by atoms with Crippen molar-refractivity contribution in [3.63, 3.8) is 0 Å². The van der Waals surface area contributed by atoms with Crippen LogP contribution in [0.1, 0.15) is 23.3 Å². The van der Waals surface area contributed by atoms with Crippen molar-refractivity contribution in [2.75, 3.05) is 32.7 Å². The van der Waals surface area contributed by atoms with Gasteiger partial charge in [0, 0.05) is 32.7 Å². The Morgan fingerprint density at radius 2 is 1.90 bits per heavy atom. The highest BCUT2D eigenvalue weighted by molar-refractivity contribution is 6.34. The topological polar surface area (TPSA) is 36.4 Å². The highest BCUT2D eigenvalue weighted by Crippen LogP contribution is 2.30. The second kappa shape index (κ2) is 5.88. The number of carbonyl (C=O) groups excluding carboxylic acids is 1. The summed E-state index contributed by atoms with van der Waals surface area (Å²) >= 11 is 11.9. The minimum Gasteiger partial charge on any atom is -0.335 e. The van der Waals surface area contributed by atoms with E-state index in [0.29, 0.717) is 10.2 Å². The van der Waals surface area contributed by atoms with E-state index < -0.39 is 0 Å². The van der Waals surface area contributed by atoms with Gasteiger partial charge in [0.1, 0.15) is 10.8 Å². The second-order valence-electron chi connectivity index (χ2n) is 5.50. The van der Waals surface area contributed by atoms with Crippen molar-refractivity contribution in [3.8, 4) is 0 Å². The lowest BCUT2D eigenvalue weighted by Gasteiger charge is -2.34. The number of piperazine rings is 1. The molecule has 2 aliphatic rings. The number of nitrogens with zero attached hydrogens (tertiary/aromatic N) is 3. The summed E-state index contributed by atoms with van der Waals surface area (Å²) in [6.07, 6.45) is 2.72. The predicted molar refractivity (Wildman–Crippen MR) is 79.3 cm³/mol. The molecule has 1 aromatic heterocycles. The van der Waals surface area contributed by atoms with Crippen LogP contribution in [0.15, 0.2) is 12.1 Å². The van der Waals surface area contributed by atoms with Crippen LogP contribution in [0.2, 0.25) is 10.2 Å². The molecule has 20 heavy (non-hydrogen) atoms. The maximum Gasteiger partial charge on any atom is 0.274 e. The smallest absolute Gasteiger partial charge is 0.274 e. The molecule has 3 rings (SSSR count). The van der Waals surface area contributed by atoms with Crippen LogP contribution in [-0.4, -0.2) is 53.4 Å². The number of aromatic nitrogens is 1. The largest absolute Gasteiger partial charge is 0.335 e. The molecule has 1 aromatic rings. The first kappa shape index (κ1) is 14.1. The van der Waals surface area contributed by atoms with Gasteiger partial charge in [0.25, 0.3) is 5.91 Å². The number of amides is 1. The summed E-state index contributed by atoms with van der Waals surface area (Å²) in [5.41, 5.74) is 0.259. The second-order valence-corrected chi connectivity index (χ2v) is 6.30. The third-order valence-corrected chi connectivity index (χ3v) is 4.40. The van der Waals surface area contributed by atoms with Gasteiger partial charge >= 0.3 is 0 Å². The number of hydrogen-bond donors (Lipinski definition) is 0. The predicted octanol–water partition coefficient (Wildman–Crippen LogP) is 2.56. The van der Waals surface area contributed by atoms with Crippen molar-refractivity contribution in [1.82, 2.24) is 14.8 Å². The highest BCUT2D eigenvalue weighted by Gasteiger charge is 2.28. The third kappa shape index (κ3) is 3.25. The summed E-state index contributed by atoms with van der Waals surface area (Å²) in [6, 6.07) is 3.21. The molecule has 4 nitrogen and oxygen atoms in total. The summed E-state index contributed by atoms with van der Waals surface area (Å²) < 4.78 is 0. The van der Waals surface area contributed by atoms with Crippen LogP contribution in [0.4, 0.5) is 0 Å². The molecule has 0 unspecified atom stereocenters.